The molecular formula is C17H24O4. The van der Waals surface area contributed by atoms with Gasteiger partial charge in [0.2, 0.25) is 0 Å². The van der Waals surface area contributed by atoms with Gasteiger partial charge in [-0.05, 0) is 29.7 Å². The Balaban J connectivity index is 3.15. The molecule has 0 amide bonds. The lowest BCUT2D eigenvalue weighted by atomic mass is 9.83. The summed E-state index contributed by atoms with van der Waals surface area (Å²) >= 11 is 0. The van der Waals surface area contributed by atoms with Crippen molar-refractivity contribution in [2.75, 3.05) is 6.61 Å². The molecule has 0 aliphatic heterocycles. The number of aliphatic hydroxyl groups excluding tert-OH is 3. The van der Waals surface area contributed by atoms with Crippen LogP contribution >= 0.6 is 0 Å². The largest absolute Gasteiger partial charge is 0.392 e. The minimum atomic E-state index is -0.774. The quantitative estimate of drug-likeness (QED) is 0.717. The van der Waals surface area contributed by atoms with Gasteiger partial charge in [0.15, 0.2) is 0 Å². The number of ketones is 1. The van der Waals surface area contributed by atoms with E-state index in [1.165, 1.54) is 6.92 Å². The van der Waals surface area contributed by atoms with E-state index in [2.05, 4.69) is 0 Å². The number of Topliss-reactive ketones (excluding diaryl/α,β-unsaturated/α-hetero) is 1. The van der Waals surface area contributed by atoms with E-state index in [-0.39, 0.29) is 24.9 Å². The third-order valence-electron chi connectivity index (χ3n) is 3.89. The second-order valence-electron chi connectivity index (χ2n) is 5.38. The van der Waals surface area contributed by atoms with Gasteiger partial charge in [0.1, 0.15) is 5.78 Å². The summed E-state index contributed by atoms with van der Waals surface area (Å²) in [5, 5.41) is 28.5. The minimum absolute atomic E-state index is 0.0474. The lowest BCUT2D eigenvalue weighted by Gasteiger charge is -2.25. The molecule has 1 aromatic carbocycles. The summed E-state index contributed by atoms with van der Waals surface area (Å²) in [5.74, 6) is -0.712. The van der Waals surface area contributed by atoms with Gasteiger partial charge in [-0.1, -0.05) is 38.1 Å². The molecule has 21 heavy (non-hydrogen) atoms. The number of benzene rings is 1. The fraction of sp³-hybridized carbons (Fsp3) is 0.471. The maximum atomic E-state index is 11.4. The van der Waals surface area contributed by atoms with Gasteiger partial charge >= 0.3 is 0 Å². The first kappa shape index (κ1) is 17.6. The van der Waals surface area contributed by atoms with Crippen molar-refractivity contribution in [2.45, 2.75) is 39.4 Å². The monoisotopic (exact) mass is 292 g/mol. The van der Waals surface area contributed by atoms with Crippen LogP contribution in [0.3, 0.4) is 0 Å². The van der Waals surface area contributed by atoms with Gasteiger partial charge in [-0.2, -0.15) is 0 Å². The predicted molar refractivity (Wildman–Crippen MR) is 82.8 cm³/mol. The number of carbonyl (C=O) groups excluding carboxylic acids is 1. The number of hydrogen-bond acceptors (Lipinski definition) is 4. The van der Waals surface area contributed by atoms with Gasteiger partial charge in [0.05, 0.1) is 19.3 Å². The van der Waals surface area contributed by atoms with Crippen LogP contribution in [0.5, 0.6) is 0 Å². The summed E-state index contributed by atoms with van der Waals surface area (Å²) in [7, 11) is 0. The lowest BCUT2D eigenvalue weighted by molar-refractivity contribution is -0.123. The SMILES string of the molecule is CC(=O)[C@H](C)[C@@H](O)[C@H](C)c1ccc(CO)cc1C=CCO. The molecule has 0 spiro atoms. The zero-order chi connectivity index (χ0) is 16.0. The highest BCUT2D eigenvalue weighted by atomic mass is 16.3. The smallest absolute Gasteiger partial charge is 0.135 e. The fourth-order valence-electron chi connectivity index (χ4n) is 2.32. The molecule has 1 aromatic rings. The number of hydrogen-bond donors (Lipinski definition) is 3. The summed E-state index contributed by atoms with van der Waals surface area (Å²) < 4.78 is 0. The Bertz CT molecular complexity index is 508. The van der Waals surface area contributed by atoms with Crippen LogP contribution in [-0.4, -0.2) is 33.8 Å². The van der Waals surface area contributed by atoms with Crippen LogP contribution in [0.4, 0.5) is 0 Å². The zero-order valence-corrected chi connectivity index (χ0v) is 12.8. The summed E-state index contributed by atoms with van der Waals surface area (Å²) in [6.07, 6.45) is 2.59. The molecule has 0 aliphatic carbocycles. The molecule has 3 N–H and O–H groups in total. The standard InChI is InChI=1S/C17H24O4/c1-11(13(3)20)17(21)12(2)16-7-6-14(10-19)9-15(16)5-4-8-18/h4-7,9,11-12,17-19,21H,8,10H2,1-3H3/t11-,12+,17+/m0/s1. The molecule has 0 saturated heterocycles. The molecule has 0 unspecified atom stereocenters. The molecule has 0 fully saturated rings. The van der Waals surface area contributed by atoms with Crippen molar-refractivity contribution >= 4 is 11.9 Å². The van der Waals surface area contributed by atoms with E-state index in [9.17, 15) is 15.0 Å². The maximum absolute atomic E-state index is 11.4. The molecule has 3 atom stereocenters. The van der Waals surface area contributed by atoms with E-state index in [4.69, 9.17) is 5.11 Å². The van der Waals surface area contributed by atoms with Crippen LogP contribution in [0.25, 0.3) is 6.08 Å². The zero-order valence-electron chi connectivity index (χ0n) is 12.8. The molecule has 0 aromatic heterocycles. The van der Waals surface area contributed by atoms with Crippen LogP contribution in [0.1, 0.15) is 43.4 Å². The molecule has 0 aliphatic rings. The van der Waals surface area contributed by atoms with Gasteiger partial charge < -0.3 is 15.3 Å². The Morgan fingerprint density at radius 2 is 1.95 bits per heavy atom. The summed E-state index contributed by atoms with van der Waals surface area (Å²) in [5.41, 5.74) is 2.48. The van der Waals surface area contributed by atoms with Gasteiger partial charge in [-0.25, -0.2) is 0 Å². The Morgan fingerprint density at radius 1 is 1.29 bits per heavy atom. The molecule has 116 valence electrons. The van der Waals surface area contributed by atoms with Crippen molar-refractivity contribution in [3.63, 3.8) is 0 Å². The average Bonchev–Trinajstić information content (AvgIpc) is 2.50. The van der Waals surface area contributed by atoms with Crippen molar-refractivity contribution in [1.82, 2.24) is 0 Å². The van der Waals surface area contributed by atoms with Crippen molar-refractivity contribution in [3.8, 4) is 0 Å². The van der Waals surface area contributed by atoms with E-state index in [1.54, 1.807) is 25.1 Å². The first-order chi connectivity index (χ1) is 9.92. The molecule has 4 heteroatoms. The van der Waals surface area contributed by atoms with E-state index in [0.717, 1.165) is 16.7 Å². The Hall–Kier alpha value is -1.49. The van der Waals surface area contributed by atoms with Gasteiger partial charge in [-0.3, -0.25) is 4.79 Å². The lowest BCUT2D eigenvalue weighted by Crippen LogP contribution is -2.29. The third-order valence-corrected chi connectivity index (χ3v) is 3.89. The second kappa shape index (κ2) is 8.08. The normalized spacial score (nSPS) is 15.9. The minimum Gasteiger partial charge on any atom is -0.392 e. The van der Waals surface area contributed by atoms with Gasteiger partial charge in [0, 0.05) is 11.8 Å². The Kier molecular flexibility index (Phi) is 6.75. The molecule has 0 saturated carbocycles. The maximum Gasteiger partial charge on any atom is 0.135 e. The van der Waals surface area contributed by atoms with Crippen molar-refractivity contribution < 1.29 is 20.1 Å². The molecule has 0 radical (unpaired) electrons. The molecule has 1 rings (SSSR count). The number of rotatable bonds is 7. The van der Waals surface area contributed by atoms with Crippen molar-refractivity contribution in [2.24, 2.45) is 5.92 Å². The highest BCUT2D eigenvalue weighted by molar-refractivity contribution is 5.78. The summed E-state index contributed by atoms with van der Waals surface area (Å²) in [6, 6.07) is 5.47. The van der Waals surface area contributed by atoms with Gasteiger partial charge in [0.25, 0.3) is 0 Å². The van der Waals surface area contributed by atoms with E-state index >= 15 is 0 Å². The topological polar surface area (TPSA) is 77.8 Å². The first-order valence-corrected chi connectivity index (χ1v) is 7.12. The van der Waals surface area contributed by atoms with Crippen molar-refractivity contribution in [3.05, 3.63) is 41.0 Å². The Morgan fingerprint density at radius 3 is 2.48 bits per heavy atom. The van der Waals surface area contributed by atoms with Crippen LogP contribution in [0.2, 0.25) is 0 Å². The van der Waals surface area contributed by atoms with Crippen molar-refractivity contribution in [1.29, 1.82) is 0 Å². The Labute approximate surface area is 125 Å². The molecular weight excluding hydrogens is 268 g/mol. The van der Waals surface area contributed by atoms with Crippen LogP contribution < -0.4 is 0 Å². The number of carbonyl (C=O) groups is 1. The second-order valence-corrected chi connectivity index (χ2v) is 5.38. The predicted octanol–water partition coefficient (Wildman–Crippen LogP) is 1.87. The average molecular weight is 292 g/mol. The summed E-state index contributed by atoms with van der Waals surface area (Å²) in [4.78, 5) is 11.4. The van der Waals surface area contributed by atoms with Gasteiger partial charge in [-0.15, -0.1) is 0 Å². The summed E-state index contributed by atoms with van der Waals surface area (Å²) in [6.45, 7) is 4.91. The molecule has 4 nitrogen and oxygen atoms in total. The highest BCUT2D eigenvalue weighted by Crippen LogP contribution is 2.29. The molecule has 0 bridgehead atoms. The number of aliphatic hydroxyl groups is 3. The van der Waals surface area contributed by atoms with E-state index < -0.39 is 12.0 Å². The van der Waals surface area contributed by atoms with E-state index in [0.29, 0.717) is 0 Å². The molecule has 0 heterocycles. The fourth-order valence-corrected chi connectivity index (χ4v) is 2.32. The van der Waals surface area contributed by atoms with Crippen LogP contribution in [-0.2, 0) is 11.4 Å². The highest BCUT2D eigenvalue weighted by Gasteiger charge is 2.26. The van der Waals surface area contributed by atoms with Crippen LogP contribution in [0, 0.1) is 5.92 Å². The third kappa shape index (κ3) is 4.49. The van der Waals surface area contributed by atoms with E-state index in [1.807, 2.05) is 19.1 Å². The van der Waals surface area contributed by atoms with Crippen LogP contribution in [0.15, 0.2) is 24.3 Å². The first-order valence-electron chi connectivity index (χ1n) is 7.12.